The Hall–Kier alpha value is -1.76. The van der Waals surface area contributed by atoms with Gasteiger partial charge < -0.3 is 15.5 Å². The Morgan fingerprint density at radius 1 is 1.42 bits per heavy atom. The van der Waals surface area contributed by atoms with E-state index in [1.807, 2.05) is 6.07 Å². The SMILES string of the molecule is C=C(N=CNN)c1cc(F)cc(C2(OC)C3CCCC2CNC3)c1. The molecule has 1 aromatic carbocycles. The normalized spacial score (nSPS) is 29.6. The molecule has 2 fully saturated rings. The average Bonchev–Trinajstić information content (AvgIpc) is 2.58. The van der Waals surface area contributed by atoms with Gasteiger partial charge in [-0.05, 0) is 36.6 Å². The fourth-order valence-electron chi connectivity index (χ4n) is 4.41. The number of hydrogen-bond donors (Lipinski definition) is 3. The van der Waals surface area contributed by atoms with Crippen LogP contribution in [0.5, 0.6) is 0 Å². The van der Waals surface area contributed by atoms with E-state index in [4.69, 9.17) is 10.6 Å². The maximum atomic E-state index is 14.3. The van der Waals surface area contributed by atoms with Gasteiger partial charge in [0.05, 0.1) is 5.70 Å². The van der Waals surface area contributed by atoms with Gasteiger partial charge in [-0.3, -0.25) is 0 Å². The minimum absolute atomic E-state index is 0.299. The van der Waals surface area contributed by atoms with Crippen molar-refractivity contribution in [2.24, 2.45) is 22.7 Å². The van der Waals surface area contributed by atoms with E-state index >= 15 is 0 Å². The van der Waals surface area contributed by atoms with Gasteiger partial charge in [-0.1, -0.05) is 13.0 Å². The number of ether oxygens (including phenoxy) is 1. The second kappa shape index (κ2) is 7.01. The summed E-state index contributed by atoms with van der Waals surface area (Å²) in [5.74, 6) is 5.58. The second-order valence-electron chi connectivity index (χ2n) is 6.58. The lowest BCUT2D eigenvalue weighted by Gasteiger charge is -2.52. The van der Waals surface area contributed by atoms with Crippen molar-refractivity contribution in [2.45, 2.75) is 24.9 Å². The number of fused-ring (bicyclic) bond motifs is 2. The highest BCUT2D eigenvalue weighted by Gasteiger charge is 2.51. The van der Waals surface area contributed by atoms with E-state index in [2.05, 4.69) is 22.3 Å². The van der Waals surface area contributed by atoms with Crippen LogP contribution in [-0.4, -0.2) is 26.5 Å². The van der Waals surface area contributed by atoms with Crippen molar-refractivity contribution < 1.29 is 9.13 Å². The van der Waals surface area contributed by atoms with Crippen LogP contribution >= 0.6 is 0 Å². The highest BCUT2D eigenvalue weighted by atomic mass is 19.1. The Bertz CT molecular complexity index is 624. The third kappa shape index (κ3) is 2.85. The van der Waals surface area contributed by atoms with Gasteiger partial charge in [0.15, 0.2) is 0 Å². The first-order valence-corrected chi connectivity index (χ1v) is 8.36. The minimum Gasteiger partial charge on any atom is -0.373 e. The first kappa shape index (κ1) is 17.1. The fraction of sp³-hybridized carbons (Fsp3) is 0.500. The number of halogens is 1. The fourth-order valence-corrected chi connectivity index (χ4v) is 4.41. The van der Waals surface area contributed by atoms with E-state index in [0.29, 0.717) is 23.1 Å². The number of nitrogens with zero attached hydrogens (tertiary/aromatic N) is 1. The first-order valence-electron chi connectivity index (χ1n) is 8.36. The lowest BCUT2D eigenvalue weighted by Crippen LogP contribution is -2.57. The number of piperidine rings is 1. The zero-order valence-electron chi connectivity index (χ0n) is 14.0. The molecule has 0 amide bonds. The summed E-state index contributed by atoms with van der Waals surface area (Å²) in [5.41, 5.74) is 3.87. The van der Waals surface area contributed by atoms with Gasteiger partial charge in [-0.15, -0.1) is 0 Å². The summed E-state index contributed by atoms with van der Waals surface area (Å²) in [6, 6.07) is 5.00. The van der Waals surface area contributed by atoms with Crippen LogP contribution < -0.4 is 16.6 Å². The molecular weight excluding hydrogens is 307 g/mol. The summed E-state index contributed by atoms with van der Waals surface area (Å²) >= 11 is 0. The summed E-state index contributed by atoms with van der Waals surface area (Å²) < 4.78 is 20.4. The highest BCUT2D eigenvalue weighted by Crippen LogP contribution is 2.50. The number of nitrogens with one attached hydrogen (secondary N) is 2. The molecule has 24 heavy (non-hydrogen) atoms. The van der Waals surface area contributed by atoms with Crippen LogP contribution in [0.4, 0.5) is 4.39 Å². The Morgan fingerprint density at radius 2 is 2.12 bits per heavy atom. The average molecular weight is 332 g/mol. The molecule has 0 aromatic heterocycles. The van der Waals surface area contributed by atoms with Crippen molar-refractivity contribution >= 4 is 12.0 Å². The predicted molar refractivity (Wildman–Crippen MR) is 93.6 cm³/mol. The Kier molecular flexibility index (Phi) is 4.99. The minimum atomic E-state index is -0.448. The largest absolute Gasteiger partial charge is 0.373 e. The Labute approximate surface area is 142 Å². The molecule has 1 saturated carbocycles. The molecule has 1 aromatic rings. The number of nitrogens with two attached hydrogens (primary N) is 1. The molecule has 0 radical (unpaired) electrons. The van der Waals surface area contributed by atoms with Gasteiger partial charge in [-0.25, -0.2) is 15.2 Å². The van der Waals surface area contributed by atoms with Gasteiger partial charge in [-0.2, -0.15) is 0 Å². The van der Waals surface area contributed by atoms with E-state index in [9.17, 15) is 4.39 Å². The van der Waals surface area contributed by atoms with Gasteiger partial charge in [0, 0.05) is 37.6 Å². The Morgan fingerprint density at radius 3 is 2.75 bits per heavy atom. The number of hydrogen-bond acceptors (Lipinski definition) is 4. The monoisotopic (exact) mass is 332 g/mol. The van der Waals surface area contributed by atoms with E-state index in [1.54, 1.807) is 13.2 Å². The van der Waals surface area contributed by atoms with E-state index in [-0.39, 0.29) is 5.82 Å². The van der Waals surface area contributed by atoms with Crippen molar-refractivity contribution in [3.63, 3.8) is 0 Å². The van der Waals surface area contributed by atoms with Crippen LogP contribution in [0.2, 0.25) is 0 Å². The molecule has 130 valence electrons. The molecule has 6 heteroatoms. The zero-order chi connectivity index (χ0) is 17.2. The number of hydrazine groups is 1. The van der Waals surface area contributed by atoms with Crippen molar-refractivity contribution in [1.82, 2.24) is 10.7 Å². The predicted octanol–water partition coefficient (Wildman–Crippen LogP) is 2.15. The molecule has 2 atom stereocenters. The third-order valence-corrected chi connectivity index (χ3v) is 5.41. The molecule has 2 aliphatic rings. The van der Waals surface area contributed by atoms with Gasteiger partial charge in [0.25, 0.3) is 0 Å². The van der Waals surface area contributed by atoms with Crippen molar-refractivity contribution in [2.75, 3.05) is 20.2 Å². The first-order chi connectivity index (χ1) is 11.6. The van der Waals surface area contributed by atoms with Crippen molar-refractivity contribution in [1.29, 1.82) is 0 Å². The molecule has 5 nitrogen and oxygen atoms in total. The van der Waals surface area contributed by atoms with Gasteiger partial charge in [0.2, 0.25) is 0 Å². The number of rotatable bonds is 5. The number of methoxy groups -OCH3 is 1. The van der Waals surface area contributed by atoms with Gasteiger partial charge >= 0.3 is 0 Å². The summed E-state index contributed by atoms with van der Waals surface area (Å²) in [4.78, 5) is 4.09. The molecule has 1 heterocycles. The highest BCUT2D eigenvalue weighted by molar-refractivity contribution is 5.71. The van der Waals surface area contributed by atoms with Crippen LogP contribution in [0.15, 0.2) is 29.8 Å². The zero-order valence-corrected chi connectivity index (χ0v) is 14.0. The van der Waals surface area contributed by atoms with E-state index < -0.39 is 5.60 Å². The van der Waals surface area contributed by atoms with Gasteiger partial charge in [0.1, 0.15) is 17.8 Å². The molecule has 1 saturated heterocycles. The topological polar surface area (TPSA) is 71.7 Å². The maximum absolute atomic E-state index is 14.3. The van der Waals surface area contributed by atoms with E-state index in [0.717, 1.165) is 31.5 Å². The number of aliphatic imine (C=N–C) groups is 1. The van der Waals surface area contributed by atoms with Crippen LogP contribution in [0.25, 0.3) is 5.70 Å². The second-order valence-corrected chi connectivity index (χ2v) is 6.58. The van der Waals surface area contributed by atoms with Crippen LogP contribution in [-0.2, 0) is 10.3 Å². The lowest BCUT2D eigenvalue weighted by molar-refractivity contribution is -0.144. The van der Waals surface area contributed by atoms with Crippen LogP contribution in [0, 0.1) is 17.7 Å². The summed E-state index contributed by atoms with van der Waals surface area (Å²) in [6.07, 6.45) is 4.69. The summed E-state index contributed by atoms with van der Waals surface area (Å²) in [7, 11) is 1.74. The molecule has 2 unspecified atom stereocenters. The third-order valence-electron chi connectivity index (χ3n) is 5.41. The van der Waals surface area contributed by atoms with Crippen molar-refractivity contribution in [3.8, 4) is 0 Å². The maximum Gasteiger partial charge on any atom is 0.124 e. The lowest BCUT2D eigenvalue weighted by atomic mass is 9.62. The smallest absolute Gasteiger partial charge is 0.124 e. The molecule has 1 aliphatic carbocycles. The summed E-state index contributed by atoms with van der Waals surface area (Å²) in [5, 5.41) is 3.49. The molecule has 3 rings (SSSR count). The Balaban J connectivity index is 2.05. The van der Waals surface area contributed by atoms with Crippen LogP contribution in [0.3, 0.4) is 0 Å². The molecule has 4 N–H and O–H groups in total. The van der Waals surface area contributed by atoms with Crippen molar-refractivity contribution in [3.05, 3.63) is 41.7 Å². The number of benzene rings is 1. The standard InChI is InChI=1S/C18H25FN4O/c1-12(22-11-23-20)13-6-16(8-17(19)7-13)18(24-2)14-4-3-5-15(18)10-21-9-14/h6-8,11,14-15,21H,1,3-5,9-10,20H2,2H3,(H,22,23). The molecule has 2 bridgehead atoms. The van der Waals surface area contributed by atoms with E-state index in [1.165, 1.54) is 18.8 Å². The summed E-state index contributed by atoms with van der Waals surface area (Å²) in [6.45, 7) is 5.69. The molecule has 0 spiro atoms. The molecule has 1 aliphatic heterocycles. The van der Waals surface area contributed by atoms with Crippen LogP contribution in [0.1, 0.15) is 30.4 Å². The molecular formula is C18H25FN4O. The quantitative estimate of drug-likeness (QED) is 0.334.